The van der Waals surface area contributed by atoms with Gasteiger partial charge in [-0.1, -0.05) is 132 Å². The molecule has 0 aromatic heterocycles. The zero-order chi connectivity index (χ0) is 23.8. The molecule has 0 saturated heterocycles. The molecular formula is C32H34O. The van der Waals surface area contributed by atoms with E-state index in [9.17, 15) is 4.79 Å². The summed E-state index contributed by atoms with van der Waals surface area (Å²) in [5, 5.41) is 2.25. The van der Waals surface area contributed by atoms with E-state index in [-0.39, 0.29) is 11.2 Å². The Morgan fingerprint density at radius 1 is 0.727 bits per heavy atom. The molecule has 1 atom stereocenters. The van der Waals surface area contributed by atoms with Crippen molar-refractivity contribution in [3.8, 4) is 11.1 Å². The molecule has 1 aliphatic carbocycles. The van der Waals surface area contributed by atoms with E-state index in [0.717, 1.165) is 27.5 Å². The minimum absolute atomic E-state index is 0.213. The Balaban J connectivity index is 0.000000821. The Hall–Kier alpha value is -3.19. The third-order valence-electron chi connectivity index (χ3n) is 6.72. The Morgan fingerprint density at radius 2 is 1.24 bits per heavy atom. The lowest BCUT2D eigenvalue weighted by Crippen LogP contribution is -2.45. The van der Waals surface area contributed by atoms with Crippen molar-refractivity contribution in [1.82, 2.24) is 0 Å². The molecule has 1 aliphatic rings. The molecule has 0 heterocycles. The fourth-order valence-corrected chi connectivity index (χ4v) is 5.29. The van der Waals surface area contributed by atoms with Crippen molar-refractivity contribution in [2.45, 2.75) is 53.4 Å². The lowest BCUT2D eigenvalue weighted by Gasteiger charge is -2.42. The minimum Gasteiger partial charge on any atom is -0.293 e. The van der Waals surface area contributed by atoms with Crippen LogP contribution in [0, 0.1) is 12.3 Å². The van der Waals surface area contributed by atoms with Crippen LogP contribution in [0.3, 0.4) is 0 Å². The predicted molar refractivity (Wildman–Crippen MR) is 141 cm³/mol. The number of hydrogen-bond acceptors (Lipinski definition) is 1. The predicted octanol–water partition coefficient (Wildman–Crippen LogP) is 8.76. The topological polar surface area (TPSA) is 17.1 Å². The molecule has 0 spiro atoms. The summed E-state index contributed by atoms with van der Waals surface area (Å²) < 4.78 is 0. The quantitative estimate of drug-likeness (QED) is 0.308. The molecule has 4 aromatic rings. The van der Waals surface area contributed by atoms with Gasteiger partial charge in [0.2, 0.25) is 0 Å². The van der Waals surface area contributed by atoms with E-state index in [0.29, 0.717) is 0 Å². The highest BCUT2D eigenvalue weighted by molar-refractivity contribution is 6.22. The summed E-state index contributed by atoms with van der Waals surface area (Å²) in [5.41, 5.74) is 5.70. The number of rotatable bonds is 2. The van der Waals surface area contributed by atoms with Gasteiger partial charge < -0.3 is 0 Å². The highest BCUT2D eigenvalue weighted by Crippen LogP contribution is 2.55. The van der Waals surface area contributed by atoms with E-state index in [4.69, 9.17) is 0 Å². The van der Waals surface area contributed by atoms with Gasteiger partial charge in [0.05, 0.1) is 5.41 Å². The van der Waals surface area contributed by atoms with Gasteiger partial charge >= 0.3 is 0 Å². The molecule has 1 unspecified atom stereocenters. The van der Waals surface area contributed by atoms with Gasteiger partial charge in [-0.05, 0) is 45.4 Å². The van der Waals surface area contributed by atoms with Crippen LogP contribution in [0.1, 0.15) is 68.1 Å². The zero-order valence-electron chi connectivity index (χ0n) is 20.7. The van der Waals surface area contributed by atoms with E-state index < -0.39 is 5.41 Å². The first-order valence-electron chi connectivity index (χ1n) is 12.0. The Kier molecular flexibility index (Phi) is 6.01. The van der Waals surface area contributed by atoms with Crippen molar-refractivity contribution >= 4 is 16.6 Å². The summed E-state index contributed by atoms with van der Waals surface area (Å²) in [6.45, 7) is 12.9. The van der Waals surface area contributed by atoms with E-state index >= 15 is 0 Å². The maximum absolute atomic E-state index is 14.0. The molecule has 33 heavy (non-hydrogen) atoms. The van der Waals surface area contributed by atoms with Crippen molar-refractivity contribution in [2.75, 3.05) is 0 Å². The molecule has 0 bridgehead atoms. The molecule has 0 radical (unpaired) electrons. The van der Waals surface area contributed by atoms with E-state index in [2.05, 4.69) is 114 Å². The standard InChI is InChI=1S/C29H26O.C3H8/c1-19-11-13-20(14-12-19)21-15-17-23(18-16-21)29(28(2,3)4)25-10-6-8-22-7-5-9-24(26(22)25)27(29)30;1-3-2/h5-18H,1-4H3;3H2,1-2H3. The van der Waals surface area contributed by atoms with E-state index in [1.54, 1.807) is 0 Å². The molecule has 0 amide bonds. The number of benzene rings is 4. The van der Waals surface area contributed by atoms with Crippen LogP contribution in [0.4, 0.5) is 0 Å². The molecule has 1 heteroatoms. The van der Waals surface area contributed by atoms with E-state index in [1.807, 2.05) is 12.1 Å². The van der Waals surface area contributed by atoms with Gasteiger partial charge in [-0.3, -0.25) is 4.79 Å². The summed E-state index contributed by atoms with van der Waals surface area (Å²) in [6, 6.07) is 29.6. The Morgan fingerprint density at radius 3 is 1.79 bits per heavy atom. The van der Waals surface area contributed by atoms with Crippen molar-refractivity contribution < 1.29 is 4.79 Å². The first-order valence-corrected chi connectivity index (χ1v) is 12.0. The molecule has 4 aromatic carbocycles. The van der Waals surface area contributed by atoms with Gasteiger partial charge in [0.15, 0.2) is 5.78 Å². The van der Waals surface area contributed by atoms with E-state index in [1.165, 1.54) is 23.1 Å². The molecule has 0 N–H and O–H groups in total. The number of carbonyl (C=O) groups excluding carboxylic acids is 1. The van der Waals surface area contributed by atoms with Crippen molar-refractivity contribution in [3.63, 3.8) is 0 Å². The summed E-state index contributed by atoms with van der Waals surface area (Å²) in [7, 11) is 0. The average molecular weight is 435 g/mol. The lowest BCUT2D eigenvalue weighted by molar-refractivity contribution is 0.0817. The monoisotopic (exact) mass is 434 g/mol. The largest absolute Gasteiger partial charge is 0.293 e. The van der Waals surface area contributed by atoms with Gasteiger partial charge in [0, 0.05) is 5.56 Å². The van der Waals surface area contributed by atoms with Crippen molar-refractivity contribution in [3.05, 3.63) is 107 Å². The average Bonchev–Trinajstić information content (AvgIpc) is 3.06. The van der Waals surface area contributed by atoms with Gasteiger partial charge in [0.1, 0.15) is 0 Å². The zero-order valence-corrected chi connectivity index (χ0v) is 20.7. The van der Waals surface area contributed by atoms with Crippen LogP contribution in [-0.2, 0) is 5.41 Å². The molecule has 168 valence electrons. The normalized spacial score (nSPS) is 17.1. The fraction of sp³-hybridized carbons (Fsp3) is 0.281. The van der Waals surface area contributed by atoms with Crippen LogP contribution in [0.5, 0.6) is 0 Å². The Labute approximate surface area is 198 Å². The lowest BCUT2D eigenvalue weighted by atomic mass is 9.58. The molecule has 0 fully saturated rings. The number of aryl methyl sites for hydroxylation is 1. The molecular weight excluding hydrogens is 400 g/mol. The van der Waals surface area contributed by atoms with Gasteiger partial charge in [-0.2, -0.15) is 0 Å². The molecule has 5 rings (SSSR count). The van der Waals surface area contributed by atoms with Crippen LogP contribution in [-0.4, -0.2) is 5.78 Å². The van der Waals surface area contributed by atoms with Gasteiger partial charge in [-0.15, -0.1) is 0 Å². The highest BCUT2D eigenvalue weighted by Gasteiger charge is 2.55. The number of carbonyl (C=O) groups is 1. The summed E-state index contributed by atoms with van der Waals surface area (Å²) >= 11 is 0. The third-order valence-corrected chi connectivity index (χ3v) is 6.72. The van der Waals surface area contributed by atoms with Crippen LogP contribution >= 0.6 is 0 Å². The number of ketones is 1. The van der Waals surface area contributed by atoms with Gasteiger partial charge in [-0.25, -0.2) is 0 Å². The number of hydrogen-bond donors (Lipinski definition) is 0. The summed E-state index contributed by atoms with van der Waals surface area (Å²) in [5.74, 6) is 0.213. The van der Waals surface area contributed by atoms with Crippen molar-refractivity contribution in [1.29, 1.82) is 0 Å². The van der Waals surface area contributed by atoms with Crippen LogP contribution in [0.15, 0.2) is 84.9 Å². The smallest absolute Gasteiger partial charge is 0.178 e. The van der Waals surface area contributed by atoms with Crippen molar-refractivity contribution in [2.24, 2.45) is 5.41 Å². The fourth-order valence-electron chi connectivity index (χ4n) is 5.29. The second-order valence-electron chi connectivity index (χ2n) is 10.2. The van der Waals surface area contributed by atoms with Gasteiger partial charge in [0.25, 0.3) is 0 Å². The highest BCUT2D eigenvalue weighted by atomic mass is 16.1. The molecule has 0 aliphatic heterocycles. The maximum Gasteiger partial charge on any atom is 0.178 e. The molecule has 1 nitrogen and oxygen atoms in total. The second-order valence-corrected chi connectivity index (χ2v) is 10.2. The van der Waals surface area contributed by atoms with Crippen LogP contribution < -0.4 is 0 Å². The van der Waals surface area contributed by atoms with Crippen LogP contribution in [0.2, 0.25) is 0 Å². The third kappa shape index (κ3) is 3.60. The summed E-state index contributed by atoms with van der Waals surface area (Å²) in [4.78, 5) is 14.0. The summed E-state index contributed by atoms with van der Waals surface area (Å²) in [6.07, 6.45) is 1.25. The van der Waals surface area contributed by atoms with Crippen LogP contribution in [0.25, 0.3) is 21.9 Å². The second kappa shape index (κ2) is 8.63. The first-order chi connectivity index (χ1) is 15.8. The minimum atomic E-state index is -0.692. The Bertz CT molecular complexity index is 1280. The molecule has 0 saturated carbocycles. The maximum atomic E-state index is 14.0. The first kappa shape index (κ1) is 23.0. The number of Topliss-reactive ketones (excluding diaryl/α,β-unsaturated/α-hetero) is 1. The SMILES string of the molecule is CCC.Cc1ccc(-c2ccc(C3(C(C)(C)C)C(=O)c4cccc5cccc3c45)cc2)cc1.